The number of hydrogen-bond acceptors (Lipinski definition) is 5. The third-order valence-electron chi connectivity index (χ3n) is 10.7. The largest absolute Gasteiger partial charge is 0.462 e. The van der Waals surface area contributed by atoms with Crippen molar-refractivity contribution in [3.05, 3.63) is 109 Å². The summed E-state index contributed by atoms with van der Waals surface area (Å²) in [6.07, 6.45) is 73.8. The minimum absolute atomic E-state index is 0.0518. The molecule has 0 rings (SSSR count). The van der Waals surface area contributed by atoms with Crippen LogP contribution in [0.1, 0.15) is 226 Å². The molecule has 64 heavy (non-hydrogen) atoms. The molecule has 0 aromatic carbocycles. The van der Waals surface area contributed by atoms with E-state index in [1.54, 1.807) is 0 Å². The fourth-order valence-electron chi connectivity index (χ4n) is 6.84. The van der Waals surface area contributed by atoms with Crippen LogP contribution < -0.4 is 0 Å². The van der Waals surface area contributed by atoms with E-state index in [9.17, 15) is 9.59 Å². The van der Waals surface area contributed by atoms with Crippen LogP contribution >= 0.6 is 0 Å². The van der Waals surface area contributed by atoms with Crippen LogP contribution in [0.25, 0.3) is 0 Å². The lowest BCUT2D eigenvalue weighted by molar-refractivity contribution is -0.163. The van der Waals surface area contributed by atoms with E-state index in [0.717, 1.165) is 116 Å². The summed E-state index contributed by atoms with van der Waals surface area (Å²) in [5, 5.41) is 0. The molecule has 0 fully saturated rings. The van der Waals surface area contributed by atoms with E-state index in [-0.39, 0.29) is 25.2 Å². The molecule has 0 aromatic heterocycles. The monoisotopic (exact) mass is 887 g/mol. The summed E-state index contributed by atoms with van der Waals surface area (Å²) in [5.74, 6) is -0.461. The SMILES string of the molecule is CC/C=C\C/C=C\C/C=C\C/C=C\C/C=C\CCCCCC(=O)OCC(COCCCCCCCC/C=C\C/C=C\CCC)OC(=O)CCCCCCC/C=C\C/C=C\CCCCC. The first-order valence-corrected chi connectivity index (χ1v) is 26.4. The molecule has 0 aliphatic rings. The van der Waals surface area contributed by atoms with E-state index >= 15 is 0 Å². The first kappa shape index (κ1) is 60.6. The molecule has 0 spiro atoms. The van der Waals surface area contributed by atoms with Crippen LogP contribution in [0.2, 0.25) is 0 Å². The fraction of sp³-hybridized carbons (Fsp3) is 0.661. The molecule has 5 heteroatoms. The number of esters is 2. The standard InChI is InChI=1S/C59H98O5/c1-4-7-10-13-16-19-22-25-28-29-30-31-33-34-37-40-43-46-49-52-58(60)63-56-57(55-62-54-51-48-45-42-39-36-27-24-21-18-15-12-9-6-3)64-59(61)53-50-47-44-41-38-35-32-26-23-20-17-14-11-8-5-2/h7,10,12,15-17,19-21,24-26,28,30-32,34,37,57H,4-6,8-9,11,13-14,18,22-23,27,29,33,35-36,38-56H2,1-3H3/b10-7-,15-12-,19-16-,20-17-,24-21-,28-25-,31-30-,32-26-,37-34-. The van der Waals surface area contributed by atoms with Crippen LogP contribution in [0.3, 0.4) is 0 Å². The van der Waals surface area contributed by atoms with Gasteiger partial charge in [0.15, 0.2) is 6.10 Å². The van der Waals surface area contributed by atoms with Crippen molar-refractivity contribution in [2.45, 2.75) is 232 Å². The van der Waals surface area contributed by atoms with Crippen molar-refractivity contribution in [2.24, 2.45) is 0 Å². The van der Waals surface area contributed by atoms with Gasteiger partial charge in [-0.1, -0.05) is 201 Å². The normalized spacial score (nSPS) is 13.1. The lowest BCUT2D eigenvalue weighted by Gasteiger charge is -2.18. The molecule has 0 aliphatic carbocycles. The van der Waals surface area contributed by atoms with Crippen molar-refractivity contribution in [1.29, 1.82) is 0 Å². The molecular weight excluding hydrogens is 789 g/mol. The number of ether oxygens (including phenoxy) is 3. The summed E-state index contributed by atoms with van der Waals surface area (Å²) in [4.78, 5) is 25.4. The summed E-state index contributed by atoms with van der Waals surface area (Å²) < 4.78 is 17.4. The summed E-state index contributed by atoms with van der Waals surface area (Å²) >= 11 is 0. The van der Waals surface area contributed by atoms with E-state index in [4.69, 9.17) is 14.2 Å². The highest BCUT2D eigenvalue weighted by molar-refractivity contribution is 5.70. The lowest BCUT2D eigenvalue weighted by Crippen LogP contribution is -2.30. The van der Waals surface area contributed by atoms with Gasteiger partial charge in [0.1, 0.15) is 6.61 Å². The summed E-state index contributed by atoms with van der Waals surface area (Å²) in [7, 11) is 0. The number of rotatable bonds is 47. The van der Waals surface area contributed by atoms with E-state index in [2.05, 4.69) is 130 Å². The Morgan fingerprint density at radius 1 is 0.359 bits per heavy atom. The lowest BCUT2D eigenvalue weighted by atomic mass is 10.1. The van der Waals surface area contributed by atoms with Crippen LogP contribution in [0, 0.1) is 0 Å². The predicted molar refractivity (Wildman–Crippen MR) is 279 cm³/mol. The van der Waals surface area contributed by atoms with Crippen LogP contribution in [0.15, 0.2) is 109 Å². The molecule has 0 amide bonds. The van der Waals surface area contributed by atoms with Crippen molar-refractivity contribution < 1.29 is 23.8 Å². The smallest absolute Gasteiger partial charge is 0.306 e. The van der Waals surface area contributed by atoms with Gasteiger partial charge in [0.2, 0.25) is 0 Å². The Hall–Kier alpha value is -3.44. The topological polar surface area (TPSA) is 61.8 Å². The Morgan fingerprint density at radius 3 is 1.20 bits per heavy atom. The van der Waals surface area contributed by atoms with Gasteiger partial charge < -0.3 is 14.2 Å². The van der Waals surface area contributed by atoms with Gasteiger partial charge in [0.25, 0.3) is 0 Å². The predicted octanol–water partition coefficient (Wildman–Crippen LogP) is 18.0. The summed E-state index contributed by atoms with van der Waals surface area (Å²) in [5.41, 5.74) is 0. The van der Waals surface area contributed by atoms with Crippen LogP contribution in [0.5, 0.6) is 0 Å². The van der Waals surface area contributed by atoms with E-state index in [1.807, 2.05) is 0 Å². The number of carbonyl (C=O) groups is 2. The first-order valence-electron chi connectivity index (χ1n) is 26.4. The molecule has 0 aromatic rings. The van der Waals surface area contributed by atoms with Crippen LogP contribution in [-0.2, 0) is 23.8 Å². The van der Waals surface area contributed by atoms with Gasteiger partial charge >= 0.3 is 11.9 Å². The average molecular weight is 887 g/mol. The van der Waals surface area contributed by atoms with Crippen molar-refractivity contribution in [3.8, 4) is 0 Å². The Kier molecular flexibility index (Phi) is 51.0. The average Bonchev–Trinajstić information content (AvgIpc) is 3.30. The Bertz CT molecular complexity index is 1280. The number of carbonyl (C=O) groups excluding carboxylic acids is 2. The zero-order valence-corrected chi connectivity index (χ0v) is 41.8. The van der Waals surface area contributed by atoms with Gasteiger partial charge in [0.05, 0.1) is 6.61 Å². The quantitative estimate of drug-likeness (QED) is 0.0346. The van der Waals surface area contributed by atoms with Crippen molar-refractivity contribution >= 4 is 11.9 Å². The van der Waals surface area contributed by atoms with Crippen molar-refractivity contribution in [1.82, 2.24) is 0 Å². The maximum atomic E-state index is 12.8. The summed E-state index contributed by atoms with van der Waals surface area (Å²) in [6, 6.07) is 0. The van der Waals surface area contributed by atoms with Gasteiger partial charge in [-0.15, -0.1) is 0 Å². The molecule has 0 bridgehead atoms. The number of hydrogen-bond donors (Lipinski definition) is 0. The molecule has 0 heterocycles. The third kappa shape index (κ3) is 51.2. The second-order valence-electron chi connectivity index (χ2n) is 17.0. The molecule has 0 saturated carbocycles. The first-order chi connectivity index (χ1) is 31.6. The third-order valence-corrected chi connectivity index (χ3v) is 10.7. The highest BCUT2D eigenvalue weighted by Crippen LogP contribution is 2.12. The van der Waals surface area contributed by atoms with Gasteiger partial charge in [0, 0.05) is 19.4 Å². The minimum Gasteiger partial charge on any atom is -0.462 e. The zero-order chi connectivity index (χ0) is 46.3. The van der Waals surface area contributed by atoms with E-state index < -0.39 is 6.10 Å². The Balaban J connectivity index is 4.39. The highest BCUT2D eigenvalue weighted by atomic mass is 16.6. The fourth-order valence-corrected chi connectivity index (χ4v) is 6.84. The van der Waals surface area contributed by atoms with Crippen molar-refractivity contribution in [2.75, 3.05) is 19.8 Å². The molecule has 1 unspecified atom stereocenters. The van der Waals surface area contributed by atoms with E-state index in [1.165, 1.54) is 77.0 Å². The molecular formula is C59H98O5. The molecule has 364 valence electrons. The van der Waals surface area contributed by atoms with Gasteiger partial charge in [-0.25, -0.2) is 0 Å². The molecule has 0 radical (unpaired) electrons. The molecule has 0 saturated heterocycles. The Morgan fingerprint density at radius 2 is 0.734 bits per heavy atom. The Labute approximate surface area is 395 Å². The van der Waals surface area contributed by atoms with Crippen LogP contribution in [-0.4, -0.2) is 37.9 Å². The molecule has 1 atom stereocenters. The maximum Gasteiger partial charge on any atom is 0.306 e. The van der Waals surface area contributed by atoms with Gasteiger partial charge in [-0.2, -0.15) is 0 Å². The highest BCUT2D eigenvalue weighted by Gasteiger charge is 2.17. The maximum absolute atomic E-state index is 12.8. The minimum atomic E-state index is -0.569. The molecule has 0 aliphatic heterocycles. The number of unbranched alkanes of at least 4 members (excludes halogenated alkanes) is 18. The number of allylic oxidation sites excluding steroid dienone is 18. The van der Waals surface area contributed by atoms with Gasteiger partial charge in [-0.05, 0) is 122 Å². The van der Waals surface area contributed by atoms with E-state index in [0.29, 0.717) is 19.4 Å². The molecule has 5 nitrogen and oxygen atoms in total. The second-order valence-corrected chi connectivity index (χ2v) is 17.0. The van der Waals surface area contributed by atoms with Crippen molar-refractivity contribution in [3.63, 3.8) is 0 Å². The van der Waals surface area contributed by atoms with Crippen LogP contribution in [0.4, 0.5) is 0 Å². The van der Waals surface area contributed by atoms with Gasteiger partial charge in [-0.3, -0.25) is 9.59 Å². The summed E-state index contributed by atoms with van der Waals surface area (Å²) in [6.45, 7) is 7.55. The molecule has 0 N–H and O–H groups in total. The second kappa shape index (κ2) is 53.9. The zero-order valence-electron chi connectivity index (χ0n) is 41.8.